The smallest absolute Gasteiger partial charge is 0.303 e. The summed E-state index contributed by atoms with van der Waals surface area (Å²) in [5.74, 6) is -0.491. The standard InChI is InChI=1S/C12H15N3O2/c13-6-10-7-14-15(8-10)11-3-1-2-9(4-11)5-12(16)17/h7-9,11H,1-5H2,(H,16,17). The summed E-state index contributed by atoms with van der Waals surface area (Å²) >= 11 is 0. The minimum Gasteiger partial charge on any atom is -0.481 e. The van der Waals surface area contributed by atoms with Crippen LogP contribution in [0.3, 0.4) is 0 Å². The average molecular weight is 233 g/mol. The van der Waals surface area contributed by atoms with E-state index in [1.165, 1.54) is 0 Å². The zero-order chi connectivity index (χ0) is 12.3. The molecule has 0 amide bonds. The molecule has 0 spiro atoms. The molecule has 1 aliphatic carbocycles. The Morgan fingerprint density at radius 1 is 1.65 bits per heavy atom. The molecule has 1 fully saturated rings. The molecule has 2 atom stereocenters. The van der Waals surface area contributed by atoms with Crippen molar-refractivity contribution in [1.29, 1.82) is 5.26 Å². The number of carbonyl (C=O) groups is 1. The zero-order valence-electron chi connectivity index (χ0n) is 9.54. The van der Waals surface area contributed by atoms with E-state index in [9.17, 15) is 4.79 Å². The molecule has 1 heterocycles. The first-order valence-corrected chi connectivity index (χ1v) is 5.85. The lowest BCUT2D eigenvalue weighted by Crippen LogP contribution is -2.21. The number of hydrogen-bond donors (Lipinski definition) is 1. The number of nitriles is 1. The van der Waals surface area contributed by atoms with Gasteiger partial charge in [-0.25, -0.2) is 0 Å². The summed E-state index contributed by atoms with van der Waals surface area (Å²) in [6.45, 7) is 0. The van der Waals surface area contributed by atoms with E-state index in [0.717, 1.165) is 25.7 Å². The Morgan fingerprint density at radius 2 is 2.47 bits per heavy atom. The number of rotatable bonds is 3. The van der Waals surface area contributed by atoms with Crippen molar-refractivity contribution in [3.8, 4) is 6.07 Å². The number of aromatic nitrogens is 2. The molecule has 0 radical (unpaired) electrons. The van der Waals surface area contributed by atoms with Crippen LogP contribution >= 0.6 is 0 Å². The lowest BCUT2D eigenvalue weighted by atomic mass is 9.84. The Bertz CT molecular complexity index is 447. The largest absolute Gasteiger partial charge is 0.481 e. The van der Waals surface area contributed by atoms with E-state index >= 15 is 0 Å². The molecule has 5 nitrogen and oxygen atoms in total. The molecule has 0 bridgehead atoms. The second kappa shape index (κ2) is 5.00. The quantitative estimate of drug-likeness (QED) is 0.865. The SMILES string of the molecule is N#Cc1cnn(C2CCCC(CC(=O)O)C2)c1. The van der Waals surface area contributed by atoms with Crippen LogP contribution < -0.4 is 0 Å². The molecule has 1 aliphatic rings. The summed E-state index contributed by atoms with van der Waals surface area (Å²) in [6.07, 6.45) is 7.42. The third-order valence-corrected chi connectivity index (χ3v) is 3.32. The van der Waals surface area contributed by atoms with Crippen LogP contribution in [-0.4, -0.2) is 20.9 Å². The van der Waals surface area contributed by atoms with Gasteiger partial charge in [-0.2, -0.15) is 10.4 Å². The maximum absolute atomic E-state index is 10.7. The minimum absolute atomic E-state index is 0.237. The van der Waals surface area contributed by atoms with Gasteiger partial charge in [0.15, 0.2) is 0 Å². The van der Waals surface area contributed by atoms with Crippen molar-refractivity contribution < 1.29 is 9.90 Å². The predicted octanol–water partition coefficient (Wildman–Crippen LogP) is 1.96. The van der Waals surface area contributed by atoms with Crippen LogP contribution in [0, 0.1) is 17.2 Å². The fraction of sp³-hybridized carbons (Fsp3) is 0.583. The lowest BCUT2D eigenvalue weighted by Gasteiger charge is -2.28. The Hall–Kier alpha value is -1.83. The number of carboxylic acids is 1. The fourth-order valence-electron chi connectivity index (χ4n) is 2.53. The van der Waals surface area contributed by atoms with Crippen LogP contribution in [0.15, 0.2) is 12.4 Å². The highest BCUT2D eigenvalue weighted by atomic mass is 16.4. The third-order valence-electron chi connectivity index (χ3n) is 3.32. The normalized spacial score (nSPS) is 24.2. The van der Waals surface area contributed by atoms with E-state index in [2.05, 4.69) is 11.2 Å². The highest BCUT2D eigenvalue weighted by molar-refractivity contribution is 5.67. The number of hydrogen-bond acceptors (Lipinski definition) is 3. The van der Waals surface area contributed by atoms with E-state index in [0.29, 0.717) is 5.56 Å². The summed E-state index contributed by atoms with van der Waals surface area (Å²) in [5, 5.41) is 21.7. The van der Waals surface area contributed by atoms with Gasteiger partial charge in [0.2, 0.25) is 0 Å². The van der Waals surface area contributed by atoms with Crippen molar-refractivity contribution in [2.24, 2.45) is 5.92 Å². The second-order valence-electron chi connectivity index (χ2n) is 4.61. The first-order valence-electron chi connectivity index (χ1n) is 5.85. The molecule has 1 aromatic heterocycles. The Morgan fingerprint density at radius 3 is 3.12 bits per heavy atom. The Balaban J connectivity index is 2.02. The van der Waals surface area contributed by atoms with Crippen LogP contribution in [0.5, 0.6) is 0 Å². The summed E-state index contributed by atoms with van der Waals surface area (Å²) in [6, 6.07) is 2.30. The zero-order valence-corrected chi connectivity index (χ0v) is 9.54. The molecule has 17 heavy (non-hydrogen) atoms. The van der Waals surface area contributed by atoms with Gasteiger partial charge in [-0.15, -0.1) is 0 Å². The topological polar surface area (TPSA) is 78.9 Å². The summed E-state index contributed by atoms with van der Waals surface area (Å²) in [7, 11) is 0. The van der Waals surface area contributed by atoms with Gasteiger partial charge in [0.05, 0.1) is 17.8 Å². The second-order valence-corrected chi connectivity index (χ2v) is 4.61. The first-order chi connectivity index (χ1) is 8.19. The number of aliphatic carboxylic acids is 1. The molecule has 90 valence electrons. The van der Waals surface area contributed by atoms with Crippen molar-refractivity contribution in [1.82, 2.24) is 9.78 Å². The molecule has 0 aliphatic heterocycles. The van der Waals surface area contributed by atoms with Crippen molar-refractivity contribution >= 4 is 5.97 Å². The van der Waals surface area contributed by atoms with E-state index in [4.69, 9.17) is 10.4 Å². The monoisotopic (exact) mass is 233 g/mol. The summed E-state index contributed by atoms with van der Waals surface area (Å²) < 4.78 is 1.81. The lowest BCUT2D eigenvalue weighted by molar-refractivity contribution is -0.138. The molecule has 0 saturated heterocycles. The van der Waals surface area contributed by atoms with Crippen molar-refractivity contribution in [2.45, 2.75) is 38.1 Å². The predicted molar refractivity (Wildman–Crippen MR) is 60.2 cm³/mol. The Kier molecular flexibility index (Phi) is 3.43. The van der Waals surface area contributed by atoms with Gasteiger partial charge >= 0.3 is 5.97 Å². The van der Waals surface area contributed by atoms with E-state index < -0.39 is 5.97 Å². The van der Waals surface area contributed by atoms with Crippen molar-refractivity contribution in [3.05, 3.63) is 18.0 Å². The van der Waals surface area contributed by atoms with Gasteiger partial charge in [0.1, 0.15) is 6.07 Å². The first kappa shape index (κ1) is 11.6. The van der Waals surface area contributed by atoms with Gasteiger partial charge in [0.25, 0.3) is 0 Å². The summed E-state index contributed by atoms with van der Waals surface area (Å²) in [4.78, 5) is 10.7. The molecular formula is C12H15N3O2. The van der Waals surface area contributed by atoms with Crippen LogP contribution in [0.2, 0.25) is 0 Å². The average Bonchev–Trinajstić information content (AvgIpc) is 2.77. The third kappa shape index (κ3) is 2.84. The van der Waals surface area contributed by atoms with Gasteiger partial charge < -0.3 is 5.11 Å². The molecule has 1 N–H and O–H groups in total. The van der Waals surface area contributed by atoms with Crippen molar-refractivity contribution in [3.63, 3.8) is 0 Å². The highest BCUT2D eigenvalue weighted by Gasteiger charge is 2.25. The number of carboxylic acid groups (broad SMARTS) is 1. The van der Waals surface area contributed by atoms with Gasteiger partial charge in [-0.1, -0.05) is 6.42 Å². The van der Waals surface area contributed by atoms with Gasteiger partial charge in [-0.3, -0.25) is 9.48 Å². The minimum atomic E-state index is -0.728. The molecule has 2 unspecified atom stereocenters. The molecule has 2 rings (SSSR count). The maximum atomic E-state index is 10.7. The Labute approximate surface area is 99.7 Å². The summed E-state index contributed by atoms with van der Waals surface area (Å²) in [5.41, 5.74) is 0.561. The highest BCUT2D eigenvalue weighted by Crippen LogP contribution is 2.33. The van der Waals surface area contributed by atoms with E-state index in [1.54, 1.807) is 12.4 Å². The van der Waals surface area contributed by atoms with Crippen LogP contribution in [0.25, 0.3) is 0 Å². The van der Waals surface area contributed by atoms with E-state index in [-0.39, 0.29) is 18.4 Å². The van der Waals surface area contributed by atoms with E-state index in [1.807, 2.05) is 4.68 Å². The van der Waals surface area contributed by atoms with Crippen LogP contribution in [0.4, 0.5) is 0 Å². The van der Waals surface area contributed by atoms with Gasteiger partial charge in [-0.05, 0) is 25.2 Å². The number of nitrogens with zero attached hydrogens (tertiary/aromatic N) is 3. The van der Waals surface area contributed by atoms with Crippen LogP contribution in [0.1, 0.15) is 43.7 Å². The van der Waals surface area contributed by atoms with Crippen LogP contribution in [-0.2, 0) is 4.79 Å². The van der Waals surface area contributed by atoms with Crippen molar-refractivity contribution in [2.75, 3.05) is 0 Å². The molecular weight excluding hydrogens is 218 g/mol. The van der Waals surface area contributed by atoms with Gasteiger partial charge in [0, 0.05) is 12.6 Å². The molecule has 1 aromatic rings. The molecule has 1 saturated carbocycles. The maximum Gasteiger partial charge on any atom is 0.303 e. The molecule has 5 heteroatoms. The fourth-order valence-corrected chi connectivity index (χ4v) is 2.53. The molecule has 0 aromatic carbocycles.